The standard InChI is InChI=1S/C16H23NO/c17-15(7-14-2-1-3-18-14)16-8-11-4-12(9-16)6-13(5-11)10-16/h1-3,11-13,15H,4-10,17H2. The second kappa shape index (κ2) is 3.86. The van der Waals surface area contributed by atoms with Gasteiger partial charge >= 0.3 is 0 Å². The van der Waals surface area contributed by atoms with Crippen LogP contribution in [-0.4, -0.2) is 6.04 Å². The topological polar surface area (TPSA) is 39.2 Å². The predicted molar refractivity (Wildman–Crippen MR) is 71.0 cm³/mol. The van der Waals surface area contributed by atoms with Crippen LogP contribution >= 0.6 is 0 Å². The van der Waals surface area contributed by atoms with Gasteiger partial charge in [0.15, 0.2) is 0 Å². The van der Waals surface area contributed by atoms with Crippen LogP contribution < -0.4 is 5.73 Å². The Bertz CT molecular complexity index is 387. The van der Waals surface area contributed by atoms with Crippen molar-refractivity contribution in [2.45, 2.75) is 51.0 Å². The summed E-state index contributed by atoms with van der Waals surface area (Å²) in [5.74, 6) is 4.02. The monoisotopic (exact) mass is 245 g/mol. The van der Waals surface area contributed by atoms with E-state index in [0.717, 1.165) is 29.9 Å². The van der Waals surface area contributed by atoms with Gasteiger partial charge in [0, 0.05) is 12.5 Å². The Labute approximate surface area is 109 Å². The second-order valence-electron chi connectivity index (χ2n) is 7.17. The van der Waals surface area contributed by atoms with Crippen molar-refractivity contribution in [1.29, 1.82) is 0 Å². The van der Waals surface area contributed by atoms with Gasteiger partial charge in [-0.1, -0.05) is 0 Å². The lowest BCUT2D eigenvalue weighted by Gasteiger charge is -2.59. The minimum atomic E-state index is 0.303. The van der Waals surface area contributed by atoms with E-state index in [-0.39, 0.29) is 0 Å². The molecule has 0 spiro atoms. The average molecular weight is 245 g/mol. The van der Waals surface area contributed by atoms with E-state index >= 15 is 0 Å². The quantitative estimate of drug-likeness (QED) is 0.886. The molecule has 2 heteroatoms. The van der Waals surface area contributed by atoms with Crippen molar-refractivity contribution in [3.8, 4) is 0 Å². The molecule has 0 radical (unpaired) electrons. The van der Waals surface area contributed by atoms with Crippen LogP contribution in [0, 0.1) is 23.2 Å². The van der Waals surface area contributed by atoms with Crippen molar-refractivity contribution in [2.24, 2.45) is 28.9 Å². The third kappa shape index (κ3) is 1.65. The van der Waals surface area contributed by atoms with Gasteiger partial charge in [-0.25, -0.2) is 0 Å². The Morgan fingerprint density at radius 2 is 1.78 bits per heavy atom. The molecule has 1 heterocycles. The van der Waals surface area contributed by atoms with E-state index in [1.54, 1.807) is 6.26 Å². The number of furan rings is 1. The van der Waals surface area contributed by atoms with Gasteiger partial charge in [-0.15, -0.1) is 0 Å². The van der Waals surface area contributed by atoms with Gasteiger partial charge in [0.2, 0.25) is 0 Å². The van der Waals surface area contributed by atoms with E-state index in [9.17, 15) is 0 Å². The first-order valence-corrected chi connectivity index (χ1v) is 7.51. The van der Waals surface area contributed by atoms with Gasteiger partial charge in [-0.3, -0.25) is 0 Å². The molecule has 4 aliphatic rings. The fourth-order valence-corrected chi connectivity index (χ4v) is 5.49. The number of rotatable bonds is 3. The van der Waals surface area contributed by atoms with Crippen molar-refractivity contribution < 1.29 is 4.42 Å². The van der Waals surface area contributed by atoms with Crippen molar-refractivity contribution in [2.75, 3.05) is 0 Å². The molecule has 0 aromatic carbocycles. The molecule has 4 bridgehead atoms. The summed E-state index contributed by atoms with van der Waals surface area (Å²) in [6, 6.07) is 4.35. The second-order valence-corrected chi connectivity index (χ2v) is 7.17. The SMILES string of the molecule is NC(Cc1ccco1)C12CC3CC(CC(C3)C1)C2. The van der Waals surface area contributed by atoms with E-state index in [1.807, 2.05) is 6.07 Å². The summed E-state index contributed by atoms with van der Waals surface area (Å²) in [7, 11) is 0. The van der Waals surface area contributed by atoms with Crippen LogP contribution in [0.15, 0.2) is 22.8 Å². The maximum atomic E-state index is 6.60. The molecule has 18 heavy (non-hydrogen) atoms. The Morgan fingerprint density at radius 3 is 2.28 bits per heavy atom. The van der Waals surface area contributed by atoms with Gasteiger partial charge in [0.1, 0.15) is 5.76 Å². The van der Waals surface area contributed by atoms with Crippen molar-refractivity contribution in [1.82, 2.24) is 0 Å². The van der Waals surface area contributed by atoms with E-state index < -0.39 is 0 Å². The van der Waals surface area contributed by atoms with Crippen molar-refractivity contribution in [3.63, 3.8) is 0 Å². The summed E-state index contributed by atoms with van der Waals surface area (Å²) in [5, 5.41) is 0. The molecule has 0 amide bonds. The first-order chi connectivity index (χ1) is 8.73. The van der Waals surface area contributed by atoms with Crippen LogP contribution in [0.25, 0.3) is 0 Å². The van der Waals surface area contributed by atoms with Gasteiger partial charge in [-0.2, -0.15) is 0 Å². The van der Waals surface area contributed by atoms with Crippen LogP contribution in [0.4, 0.5) is 0 Å². The number of hydrogen-bond donors (Lipinski definition) is 1. The zero-order chi connectivity index (χ0) is 12.2. The largest absolute Gasteiger partial charge is 0.469 e. The highest BCUT2D eigenvalue weighted by atomic mass is 16.3. The van der Waals surface area contributed by atoms with E-state index in [0.29, 0.717) is 11.5 Å². The summed E-state index contributed by atoms with van der Waals surface area (Å²) in [6.45, 7) is 0. The number of hydrogen-bond acceptors (Lipinski definition) is 2. The van der Waals surface area contributed by atoms with Crippen molar-refractivity contribution in [3.05, 3.63) is 24.2 Å². The summed E-state index contributed by atoms with van der Waals surface area (Å²) in [6.07, 6.45) is 11.3. The van der Waals surface area contributed by atoms with Crippen LogP contribution in [0.1, 0.15) is 44.3 Å². The van der Waals surface area contributed by atoms with Gasteiger partial charge in [0.05, 0.1) is 6.26 Å². The maximum Gasteiger partial charge on any atom is 0.105 e. The first kappa shape index (κ1) is 11.1. The lowest BCUT2D eigenvalue weighted by atomic mass is 9.47. The Morgan fingerprint density at radius 1 is 1.17 bits per heavy atom. The van der Waals surface area contributed by atoms with Gasteiger partial charge in [0.25, 0.3) is 0 Å². The van der Waals surface area contributed by atoms with E-state index in [1.165, 1.54) is 38.5 Å². The minimum Gasteiger partial charge on any atom is -0.469 e. The summed E-state index contributed by atoms with van der Waals surface area (Å²) in [4.78, 5) is 0. The highest BCUT2D eigenvalue weighted by Crippen LogP contribution is 2.61. The van der Waals surface area contributed by atoms with Crippen LogP contribution in [0.2, 0.25) is 0 Å². The molecule has 1 aromatic heterocycles. The predicted octanol–water partition coefficient (Wildman–Crippen LogP) is 3.37. The molecule has 4 saturated carbocycles. The smallest absolute Gasteiger partial charge is 0.105 e. The molecule has 1 aromatic rings. The Kier molecular flexibility index (Phi) is 2.38. The fourth-order valence-electron chi connectivity index (χ4n) is 5.49. The zero-order valence-corrected chi connectivity index (χ0v) is 11.0. The van der Waals surface area contributed by atoms with E-state index in [2.05, 4.69) is 6.07 Å². The zero-order valence-electron chi connectivity index (χ0n) is 11.0. The highest BCUT2D eigenvalue weighted by Gasteiger charge is 2.53. The molecular weight excluding hydrogens is 222 g/mol. The van der Waals surface area contributed by atoms with Crippen LogP contribution in [0.3, 0.4) is 0 Å². The van der Waals surface area contributed by atoms with Crippen LogP contribution in [0.5, 0.6) is 0 Å². The molecule has 4 fully saturated rings. The van der Waals surface area contributed by atoms with Crippen LogP contribution in [-0.2, 0) is 6.42 Å². The molecule has 0 saturated heterocycles. The average Bonchev–Trinajstić information content (AvgIpc) is 2.79. The first-order valence-electron chi connectivity index (χ1n) is 7.51. The number of nitrogens with two attached hydrogens (primary N) is 1. The normalized spacial score (nSPS) is 43.3. The molecular formula is C16H23NO. The lowest BCUT2D eigenvalue weighted by molar-refractivity contribution is -0.0674. The summed E-state index contributed by atoms with van der Waals surface area (Å²) in [5.41, 5.74) is 7.05. The molecule has 2 nitrogen and oxygen atoms in total. The molecule has 4 aliphatic carbocycles. The molecule has 98 valence electrons. The third-order valence-corrected chi connectivity index (χ3v) is 5.87. The van der Waals surface area contributed by atoms with E-state index in [4.69, 9.17) is 10.2 Å². The maximum absolute atomic E-state index is 6.60. The lowest BCUT2D eigenvalue weighted by Crippen LogP contribution is -2.55. The highest BCUT2D eigenvalue weighted by molar-refractivity contribution is 5.09. The molecule has 0 aliphatic heterocycles. The molecule has 1 unspecified atom stereocenters. The summed E-state index contributed by atoms with van der Waals surface area (Å²) >= 11 is 0. The Hall–Kier alpha value is -0.760. The third-order valence-electron chi connectivity index (χ3n) is 5.87. The van der Waals surface area contributed by atoms with Gasteiger partial charge < -0.3 is 10.2 Å². The van der Waals surface area contributed by atoms with Crippen molar-refractivity contribution >= 4 is 0 Å². The Balaban J connectivity index is 1.56. The van der Waals surface area contributed by atoms with Gasteiger partial charge in [-0.05, 0) is 73.8 Å². The summed E-state index contributed by atoms with van der Waals surface area (Å²) < 4.78 is 5.49. The molecule has 2 N–H and O–H groups in total. The molecule has 1 atom stereocenters. The fraction of sp³-hybridized carbons (Fsp3) is 0.750. The minimum absolute atomic E-state index is 0.303. The molecule has 5 rings (SSSR count).